The largest absolute Gasteiger partial charge is 0.389 e. The van der Waals surface area contributed by atoms with E-state index >= 15 is 0 Å². The molecule has 1 aromatic carbocycles. The van der Waals surface area contributed by atoms with Gasteiger partial charge in [-0.15, -0.1) is 0 Å². The molecule has 1 aromatic heterocycles. The minimum absolute atomic E-state index is 0.253. The van der Waals surface area contributed by atoms with E-state index in [1.807, 2.05) is 17.7 Å². The van der Waals surface area contributed by atoms with Gasteiger partial charge in [0.1, 0.15) is 23.8 Å². The third kappa shape index (κ3) is 2.63. The molecule has 2 aliphatic heterocycles. The minimum Gasteiger partial charge on any atom is -0.389 e. The molecule has 0 aliphatic carbocycles. The monoisotopic (exact) mass is 333 g/mol. The third-order valence-corrected chi connectivity index (χ3v) is 4.80. The van der Waals surface area contributed by atoms with E-state index in [1.165, 1.54) is 6.07 Å². The highest BCUT2D eigenvalue weighted by Crippen LogP contribution is 2.36. The van der Waals surface area contributed by atoms with Crippen LogP contribution in [0.25, 0.3) is 0 Å². The average Bonchev–Trinajstić information content (AvgIpc) is 3.18. The van der Waals surface area contributed by atoms with Crippen LogP contribution in [0, 0.1) is 12.7 Å². The summed E-state index contributed by atoms with van der Waals surface area (Å²) >= 11 is 0. The Labute approximate surface area is 139 Å². The van der Waals surface area contributed by atoms with Crippen LogP contribution in [-0.4, -0.2) is 45.8 Å². The fourth-order valence-corrected chi connectivity index (χ4v) is 3.52. The Morgan fingerprint density at radius 2 is 2.25 bits per heavy atom. The maximum absolute atomic E-state index is 13.8. The summed E-state index contributed by atoms with van der Waals surface area (Å²) in [6.45, 7) is 2.59. The smallest absolute Gasteiger partial charge is 0.181 e. The number of imidazole rings is 1. The van der Waals surface area contributed by atoms with Crippen molar-refractivity contribution in [2.75, 3.05) is 6.61 Å². The van der Waals surface area contributed by atoms with E-state index in [1.54, 1.807) is 24.4 Å². The van der Waals surface area contributed by atoms with Gasteiger partial charge in [-0.1, -0.05) is 18.2 Å². The number of aryl methyl sites for hydroxylation is 1. The van der Waals surface area contributed by atoms with Crippen molar-refractivity contribution in [3.8, 4) is 0 Å². The number of halogens is 1. The van der Waals surface area contributed by atoms with E-state index in [4.69, 9.17) is 9.47 Å². The number of rotatable bonds is 4. The Bertz CT molecular complexity index is 723. The first-order chi connectivity index (χ1) is 11.6. The Morgan fingerprint density at radius 3 is 3.00 bits per heavy atom. The van der Waals surface area contributed by atoms with Crippen molar-refractivity contribution in [3.05, 3.63) is 53.9 Å². The molecule has 24 heavy (non-hydrogen) atoms. The van der Waals surface area contributed by atoms with E-state index in [9.17, 15) is 9.50 Å². The number of benzene rings is 1. The summed E-state index contributed by atoms with van der Waals surface area (Å²) in [6, 6.07) is 5.87. The third-order valence-electron chi connectivity index (χ3n) is 4.80. The van der Waals surface area contributed by atoms with Crippen molar-refractivity contribution in [2.24, 2.45) is 0 Å². The molecule has 2 fully saturated rings. The summed E-state index contributed by atoms with van der Waals surface area (Å²) in [5.74, 6) is 0.517. The lowest BCUT2D eigenvalue weighted by molar-refractivity contribution is -0.166. The van der Waals surface area contributed by atoms with Crippen LogP contribution in [0.15, 0.2) is 36.7 Å². The molecular formula is C17H20FN3O3. The summed E-state index contributed by atoms with van der Waals surface area (Å²) in [4.78, 5) is 4.21. The van der Waals surface area contributed by atoms with Gasteiger partial charge < -0.3 is 24.5 Å². The lowest BCUT2D eigenvalue weighted by Gasteiger charge is -2.39. The number of nitrogens with zero attached hydrogens (tertiary/aromatic N) is 2. The highest BCUT2D eigenvalue weighted by Gasteiger charge is 2.50. The molecule has 5 atom stereocenters. The molecule has 128 valence electrons. The molecule has 5 unspecified atom stereocenters. The predicted octanol–water partition coefficient (Wildman–Crippen LogP) is 1.15. The van der Waals surface area contributed by atoms with E-state index in [-0.39, 0.29) is 24.0 Å². The number of aromatic nitrogens is 2. The van der Waals surface area contributed by atoms with Gasteiger partial charge in [-0.05, 0) is 13.0 Å². The standard InChI is InChI=1S/C17H20FN3O3/c1-10-19-6-7-21(10)15-16(22)14(13-9-23-17(15)24-13)20-8-11-4-2-3-5-12(11)18/h2-7,13-17,20,22H,8-9H2,1H3. The van der Waals surface area contributed by atoms with Gasteiger partial charge in [0.25, 0.3) is 0 Å². The minimum atomic E-state index is -0.726. The first-order valence-corrected chi connectivity index (χ1v) is 8.06. The maximum Gasteiger partial charge on any atom is 0.181 e. The molecule has 6 nitrogen and oxygen atoms in total. The highest BCUT2D eigenvalue weighted by atomic mass is 19.1. The normalized spacial score (nSPS) is 32.2. The molecule has 2 bridgehead atoms. The quantitative estimate of drug-likeness (QED) is 0.878. The Kier molecular flexibility index (Phi) is 4.09. The maximum atomic E-state index is 13.8. The molecule has 2 aliphatic rings. The van der Waals surface area contributed by atoms with E-state index < -0.39 is 12.4 Å². The second kappa shape index (κ2) is 6.25. The van der Waals surface area contributed by atoms with Crippen molar-refractivity contribution in [2.45, 2.75) is 44.1 Å². The van der Waals surface area contributed by atoms with Gasteiger partial charge in [-0.2, -0.15) is 0 Å². The molecule has 0 saturated carbocycles. The second-order valence-electron chi connectivity index (χ2n) is 6.24. The zero-order valence-corrected chi connectivity index (χ0v) is 13.3. The molecule has 2 N–H and O–H groups in total. The zero-order chi connectivity index (χ0) is 16.7. The summed E-state index contributed by atoms with van der Waals surface area (Å²) in [6.07, 6.45) is 2.02. The van der Waals surface area contributed by atoms with Crippen LogP contribution in [0.1, 0.15) is 17.4 Å². The van der Waals surface area contributed by atoms with E-state index in [0.717, 1.165) is 5.82 Å². The van der Waals surface area contributed by atoms with Gasteiger partial charge in [0, 0.05) is 24.5 Å². The average molecular weight is 333 g/mol. The summed E-state index contributed by atoms with van der Waals surface area (Å²) < 4.78 is 27.3. The lowest BCUT2D eigenvalue weighted by Crippen LogP contribution is -2.57. The molecule has 4 rings (SSSR count). The van der Waals surface area contributed by atoms with Crippen molar-refractivity contribution in [1.82, 2.24) is 14.9 Å². The number of nitrogens with one attached hydrogen (secondary N) is 1. The van der Waals surface area contributed by atoms with Crippen LogP contribution in [0.5, 0.6) is 0 Å². The summed E-state index contributed by atoms with van der Waals surface area (Å²) in [7, 11) is 0. The number of fused-ring (bicyclic) bond motifs is 2. The van der Waals surface area contributed by atoms with Gasteiger partial charge >= 0.3 is 0 Å². The van der Waals surface area contributed by atoms with Gasteiger partial charge in [0.2, 0.25) is 0 Å². The molecule has 3 heterocycles. The molecular weight excluding hydrogens is 313 g/mol. The number of hydrogen-bond acceptors (Lipinski definition) is 5. The highest BCUT2D eigenvalue weighted by molar-refractivity contribution is 5.17. The number of aliphatic hydroxyl groups is 1. The molecule has 0 radical (unpaired) electrons. The first kappa shape index (κ1) is 15.7. The fourth-order valence-electron chi connectivity index (χ4n) is 3.52. The fraction of sp³-hybridized carbons (Fsp3) is 0.471. The summed E-state index contributed by atoms with van der Waals surface area (Å²) in [5, 5.41) is 14.1. The Hall–Kier alpha value is -1.80. The van der Waals surface area contributed by atoms with Crippen LogP contribution in [0.3, 0.4) is 0 Å². The van der Waals surface area contributed by atoms with Crippen LogP contribution in [0.4, 0.5) is 4.39 Å². The van der Waals surface area contributed by atoms with Crippen LogP contribution in [-0.2, 0) is 16.0 Å². The van der Waals surface area contributed by atoms with Gasteiger partial charge in [-0.3, -0.25) is 0 Å². The van der Waals surface area contributed by atoms with Crippen molar-refractivity contribution in [1.29, 1.82) is 0 Å². The molecule has 2 saturated heterocycles. The second-order valence-corrected chi connectivity index (χ2v) is 6.24. The SMILES string of the molecule is Cc1nccn1C1C2OCC(O2)C(NCc2ccccc2F)C1O. The number of hydrogen-bond donors (Lipinski definition) is 2. The van der Waals surface area contributed by atoms with E-state index in [0.29, 0.717) is 18.7 Å². The first-order valence-electron chi connectivity index (χ1n) is 8.06. The van der Waals surface area contributed by atoms with Gasteiger partial charge in [0.05, 0.1) is 18.8 Å². The molecule has 7 heteroatoms. The Morgan fingerprint density at radius 1 is 1.42 bits per heavy atom. The number of ether oxygens (including phenoxy) is 2. The van der Waals surface area contributed by atoms with Crippen molar-refractivity contribution < 1.29 is 19.0 Å². The topological polar surface area (TPSA) is 68.5 Å². The lowest BCUT2D eigenvalue weighted by atomic mass is 9.95. The molecule has 0 amide bonds. The van der Waals surface area contributed by atoms with Crippen molar-refractivity contribution in [3.63, 3.8) is 0 Å². The predicted molar refractivity (Wildman–Crippen MR) is 83.6 cm³/mol. The van der Waals surface area contributed by atoms with Gasteiger partial charge in [0.15, 0.2) is 6.29 Å². The van der Waals surface area contributed by atoms with E-state index in [2.05, 4.69) is 10.3 Å². The zero-order valence-electron chi connectivity index (χ0n) is 13.3. The molecule has 2 aromatic rings. The molecule has 0 spiro atoms. The number of aliphatic hydroxyl groups excluding tert-OH is 1. The van der Waals surface area contributed by atoms with Crippen LogP contribution >= 0.6 is 0 Å². The van der Waals surface area contributed by atoms with Crippen LogP contribution < -0.4 is 5.32 Å². The Balaban J connectivity index is 1.54. The summed E-state index contributed by atoms with van der Waals surface area (Å²) in [5.41, 5.74) is 0.557. The van der Waals surface area contributed by atoms with Gasteiger partial charge in [-0.25, -0.2) is 9.37 Å². The van der Waals surface area contributed by atoms with Crippen LogP contribution in [0.2, 0.25) is 0 Å². The van der Waals surface area contributed by atoms with Crippen molar-refractivity contribution >= 4 is 0 Å².